The van der Waals surface area contributed by atoms with E-state index in [-0.39, 0.29) is 5.91 Å². The lowest BCUT2D eigenvalue weighted by molar-refractivity contribution is 0.0961. The molecular formula is C25H29N3O3S. The number of ether oxygens (including phenoxy) is 1. The molecule has 0 radical (unpaired) electrons. The molecule has 0 aliphatic heterocycles. The molecule has 0 fully saturated rings. The molecule has 7 heteroatoms. The molecule has 32 heavy (non-hydrogen) atoms. The predicted octanol–water partition coefficient (Wildman–Crippen LogP) is 5.66. The summed E-state index contributed by atoms with van der Waals surface area (Å²) in [6.07, 6.45) is 0.830. The molecule has 0 atom stereocenters. The van der Waals surface area contributed by atoms with Crippen LogP contribution < -0.4 is 9.64 Å². The molecule has 0 N–H and O–H groups in total. The molecule has 0 aliphatic carbocycles. The smallest absolute Gasteiger partial charge is 0.295 e. The molecule has 0 saturated carbocycles. The van der Waals surface area contributed by atoms with Crippen LogP contribution in [-0.2, 0) is 0 Å². The average Bonchev–Trinajstić information content (AvgIpc) is 3.39. The highest BCUT2D eigenvalue weighted by Crippen LogP contribution is 2.34. The van der Waals surface area contributed by atoms with Crippen molar-refractivity contribution >= 4 is 43.6 Å². The summed E-state index contributed by atoms with van der Waals surface area (Å²) in [5.74, 6) is 0.759. The molecule has 0 spiro atoms. The molecule has 0 bridgehead atoms. The molecule has 0 unspecified atom stereocenters. The Balaban J connectivity index is 1.73. The molecule has 2 aromatic carbocycles. The fourth-order valence-electron chi connectivity index (χ4n) is 3.70. The van der Waals surface area contributed by atoms with E-state index < -0.39 is 0 Å². The lowest BCUT2D eigenvalue weighted by atomic mass is 10.1. The van der Waals surface area contributed by atoms with E-state index in [1.807, 2.05) is 39.2 Å². The topological polar surface area (TPSA) is 58.8 Å². The summed E-state index contributed by atoms with van der Waals surface area (Å²) in [6, 6.07) is 11.7. The lowest BCUT2D eigenvalue weighted by Crippen LogP contribution is -2.33. The Bertz CT molecular complexity index is 1260. The largest absolute Gasteiger partial charge is 0.490 e. The Morgan fingerprint density at radius 1 is 1.16 bits per heavy atom. The summed E-state index contributed by atoms with van der Waals surface area (Å²) >= 11 is 1.54. The summed E-state index contributed by atoms with van der Waals surface area (Å²) in [5.41, 5.74) is 3.90. The summed E-state index contributed by atoms with van der Waals surface area (Å²) in [7, 11) is 4.06. The first-order chi connectivity index (χ1) is 15.4. The van der Waals surface area contributed by atoms with E-state index in [0.717, 1.165) is 34.1 Å². The molecule has 6 nitrogen and oxygen atoms in total. The van der Waals surface area contributed by atoms with Gasteiger partial charge in [-0.15, -0.1) is 0 Å². The molecule has 4 aromatic rings. The first-order valence-electron chi connectivity index (χ1n) is 10.9. The van der Waals surface area contributed by atoms with Gasteiger partial charge in [0.15, 0.2) is 22.2 Å². The van der Waals surface area contributed by atoms with E-state index in [1.165, 1.54) is 5.56 Å². The minimum atomic E-state index is -0.184. The van der Waals surface area contributed by atoms with E-state index in [4.69, 9.17) is 14.1 Å². The number of nitrogens with zero attached hydrogens (tertiary/aromatic N) is 3. The van der Waals surface area contributed by atoms with Crippen molar-refractivity contribution in [3.8, 4) is 5.75 Å². The standard InChI is InChI=1S/C25H29N3O3S/c1-6-30-19-10-7-9-18-15-20(31-23(18)19)24(29)28(14-8-13-27(4)5)25-26-22-17(3)16(2)11-12-21(22)32-25/h7,9-12,15H,6,8,13-14H2,1-5H3. The van der Waals surface area contributed by atoms with Crippen molar-refractivity contribution in [2.45, 2.75) is 27.2 Å². The van der Waals surface area contributed by atoms with Crippen molar-refractivity contribution in [2.75, 3.05) is 38.7 Å². The number of thiazole rings is 1. The third-order valence-corrected chi connectivity index (χ3v) is 6.60. The quantitative estimate of drug-likeness (QED) is 0.346. The van der Waals surface area contributed by atoms with E-state index in [9.17, 15) is 4.79 Å². The maximum atomic E-state index is 13.6. The van der Waals surface area contributed by atoms with Gasteiger partial charge in [-0.3, -0.25) is 9.69 Å². The van der Waals surface area contributed by atoms with Gasteiger partial charge in [-0.1, -0.05) is 29.5 Å². The third kappa shape index (κ3) is 4.36. The summed E-state index contributed by atoms with van der Waals surface area (Å²) in [6.45, 7) is 8.05. The van der Waals surface area contributed by atoms with Gasteiger partial charge in [0.1, 0.15) is 0 Å². The Kier molecular flexibility index (Phi) is 6.48. The molecule has 2 aromatic heterocycles. The van der Waals surface area contributed by atoms with Gasteiger partial charge in [0.2, 0.25) is 0 Å². The van der Waals surface area contributed by atoms with Gasteiger partial charge in [-0.05, 0) is 77.2 Å². The normalized spacial score (nSPS) is 11.6. The van der Waals surface area contributed by atoms with Crippen molar-refractivity contribution < 1.29 is 13.9 Å². The SMILES string of the molecule is CCOc1cccc2cc(C(=O)N(CCCN(C)C)c3nc4c(C)c(C)ccc4s3)oc12. The predicted molar refractivity (Wildman–Crippen MR) is 131 cm³/mol. The van der Waals surface area contributed by atoms with Crippen molar-refractivity contribution in [3.05, 3.63) is 53.3 Å². The summed E-state index contributed by atoms with van der Waals surface area (Å²) in [5, 5.41) is 1.55. The number of aromatic nitrogens is 1. The van der Waals surface area contributed by atoms with Crippen LogP contribution in [0.2, 0.25) is 0 Å². The molecule has 0 aliphatic rings. The highest BCUT2D eigenvalue weighted by atomic mass is 32.1. The van der Waals surface area contributed by atoms with Crippen molar-refractivity contribution in [1.29, 1.82) is 0 Å². The average molecular weight is 452 g/mol. The molecular weight excluding hydrogens is 422 g/mol. The number of rotatable bonds is 8. The maximum Gasteiger partial charge on any atom is 0.295 e. The number of aryl methyl sites for hydroxylation is 2. The lowest BCUT2D eigenvalue weighted by Gasteiger charge is -2.19. The number of hydrogen-bond acceptors (Lipinski definition) is 6. The number of fused-ring (bicyclic) bond motifs is 2. The van der Waals surface area contributed by atoms with Gasteiger partial charge >= 0.3 is 0 Å². The van der Waals surface area contributed by atoms with Gasteiger partial charge in [-0.25, -0.2) is 4.98 Å². The maximum absolute atomic E-state index is 13.6. The number of anilines is 1. The van der Waals surface area contributed by atoms with Crippen LogP contribution in [0.4, 0.5) is 5.13 Å². The molecule has 168 valence electrons. The van der Waals surface area contributed by atoms with Crippen LogP contribution in [-0.4, -0.2) is 49.6 Å². The summed E-state index contributed by atoms with van der Waals surface area (Å²) < 4.78 is 12.8. The van der Waals surface area contributed by atoms with Crippen molar-refractivity contribution in [2.24, 2.45) is 0 Å². The Labute approximate surface area is 192 Å². The van der Waals surface area contributed by atoms with E-state index in [0.29, 0.717) is 35.4 Å². The van der Waals surface area contributed by atoms with Gasteiger partial charge in [-0.2, -0.15) is 0 Å². The fourth-order valence-corrected chi connectivity index (χ4v) is 4.75. The molecule has 1 amide bonds. The second-order valence-corrected chi connectivity index (χ2v) is 9.19. The van der Waals surface area contributed by atoms with Crippen LogP contribution in [0.15, 0.2) is 40.8 Å². The number of carbonyl (C=O) groups excluding carboxylic acids is 1. The number of furan rings is 1. The van der Waals surface area contributed by atoms with E-state index >= 15 is 0 Å². The first-order valence-corrected chi connectivity index (χ1v) is 11.7. The second kappa shape index (κ2) is 9.30. The van der Waals surface area contributed by atoms with Gasteiger partial charge < -0.3 is 14.1 Å². The van der Waals surface area contributed by atoms with Crippen LogP contribution in [0.25, 0.3) is 21.2 Å². The minimum Gasteiger partial charge on any atom is -0.490 e. The van der Waals surface area contributed by atoms with Gasteiger partial charge in [0, 0.05) is 11.9 Å². The zero-order chi connectivity index (χ0) is 22.8. The van der Waals surface area contributed by atoms with Gasteiger partial charge in [0.05, 0.1) is 16.8 Å². The van der Waals surface area contributed by atoms with Crippen LogP contribution in [0.5, 0.6) is 5.75 Å². The third-order valence-electron chi connectivity index (χ3n) is 5.56. The first kappa shape index (κ1) is 22.3. The Hall–Kier alpha value is -2.90. The number of amides is 1. The highest BCUT2D eigenvalue weighted by Gasteiger charge is 2.25. The number of carbonyl (C=O) groups is 1. The van der Waals surface area contributed by atoms with Gasteiger partial charge in [0.25, 0.3) is 5.91 Å². The van der Waals surface area contributed by atoms with Crippen molar-refractivity contribution in [3.63, 3.8) is 0 Å². The minimum absolute atomic E-state index is 0.184. The monoisotopic (exact) mass is 451 g/mol. The molecule has 4 rings (SSSR count). The van der Waals surface area contributed by atoms with Crippen LogP contribution in [0, 0.1) is 13.8 Å². The van der Waals surface area contributed by atoms with Crippen molar-refractivity contribution in [1.82, 2.24) is 9.88 Å². The molecule has 0 saturated heterocycles. The van der Waals surface area contributed by atoms with E-state index in [2.05, 4.69) is 30.9 Å². The second-order valence-electron chi connectivity index (χ2n) is 8.18. The Morgan fingerprint density at radius 2 is 1.97 bits per heavy atom. The van der Waals surface area contributed by atoms with E-state index in [1.54, 1.807) is 22.3 Å². The van der Waals surface area contributed by atoms with Crippen LogP contribution in [0.1, 0.15) is 35.0 Å². The Morgan fingerprint density at radius 3 is 2.72 bits per heavy atom. The number of hydrogen-bond donors (Lipinski definition) is 0. The van der Waals surface area contributed by atoms with Crippen LogP contribution in [0.3, 0.4) is 0 Å². The zero-order valence-electron chi connectivity index (χ0n) is 19.3. The zero-order valence-corrected chi connectivity index (χ0v) is 20.1. The molecule has 2 heterocycles. The summed E-state index contributed by atoms with van der Waals surface area (Å²) in [4.78, 5) is 22.4. The number of para-hydroxylation sites is 1. The highest BCUT2D eigenvalue weighted by molar-refractivity contribution is 7.22. The fraction of sp³-hybridized carbons (Fsp3) is 0.360. The number of benzene rings is 2. The van der Waals surface area contributed by atoms with Crippen LogP contribution >= 0.6 is 11.3 Å².